The van der Waals surface area contributed by atoms with Crippen molar-refractivity contribution in [2.75, 3.05) is 60.2 Å². The molecule has 1 saturated heterocycles. The highest BCUT2D eigenvalue weighted by Gasteiger charge is 2.32. The number of benzene rings is 1. The van der Waals surface area contributed by atoms with Gasteiger partial charge < -0.3 is 29.3 Å². The molecule has 1 aromatic rings. The van der Waals surface area contributed by atoms with Crippen LogP contribution in [0.25, 0.3) is 0 Å². The third kappa shape index (κ3) is 7.30. The quantitative estimate of drug-likeness (QED) is 0.473. The number of ether oxygens (including phenoxy) is 3. The molecule has 0 saturated carbocycles. The van der Waals surface area contributed by atoms with Gasteiger partial charge in [-0.05, 0) is 24.3 Å². The molecule has 1 N–H and O–H groups in total. The first-order valence-corrected chi connectivity index (χ1v) is 11.7. The summed E-state index contributed by atoms with van der Waals surface area (Å²) in [4.78, 5) is 41.6. The number of nitrogens with zero attached hydrogens (tertiary/aromatic N) is 2. The molecule has 2 atom stereocenters. The maximum atomic E-state index is 13.2. The predicted molar refractivity (Wildman–Crippen MR) is 126 cm³/mol. The van der Waals surface area contributed by atoms with E-state index in [1.165, 1.54) is 12.0 Å². The van der Waals surface area contributed by atoms with Gasteiger partial charge in [-0.2, -0.15) is 0 Å². The number of para-hydroxylation sites is 1. The number of rotatable bonds is 7. The highest BCUT2D eigenvalue weighted by molar-refractivity contribution is 5.85. The number of piperidine rings is 1. The summed E-state index contributed by atoms with van der Waals surface area (Å²) in [7, 11) is 3.06. The molecular weight excluding hydrogens is 438 g/mol. The second-order valence-electron chi connectivity index (χ2n) is 8.63. The van der Waals surface area contributed by atoms with Gasteiger partial charge in [0.1, 0.15) is 25.5 Å². The van der Waals surface area contributed by atoms with E-state index in [-0.39, 0.29) is 49.3 Å². The lowest BCUT2D eigenvalue weighted by atomic mass is 9.82. The van der Waals surface area contributed by atoms with Crippen molar-refractivity contribution < 1.29 is 28.6 Å². The first-order chi connectivity index (χ1) is 16.5. The Bertz CT molecular complexity index is 874. The highest BCUT2D eigenvalue weighted by atomic mass is 16.5. The molecule has 186 valence electrons. The number of methoxy groups -OCH3 is 2. The molecular formula is C25H35N3O6. The van der Waals surface area contributed by atoms with Crippen molar-refractivity contribution in [3.05, 3.63) is 42.0 Å². The van der Waals surface area contributed by atoms with Crippen molar-refractivity contribution in [3.63, 3.8) is 0 Å². The normalized spacial score (nSPS) is 21.9. The minimum atomic E-state index is -0.252. The Kier molecular flexibility index (Phi) is 9.90. The Labute approximate surface area is 201 Å². The van der Waals surface area contributed by atoms with Crippen molar-refractivity contribution >= 4 is 17.7 Å². The van der Waals surface area contributed by atoms with E-state index in [1.54, 1.807) is 12.0 Å². The number of carbonyl (C=O) groups excluding carboxylic acids is 3. The standard InChI is InChI=1S/C25H35N3O6/c1-32-13-10-26-23(29)14-19-9-11-27-15-20(19)7-5-12-34-22-8-4-3-6-21(22)16-28(17-24(27)30)25(31)18-33-2/h3-8,19-20H,9-18H2,1-2H3,(H,26,29)/b7-5-/t19-,20-/m0/s1. The van der Waals surface area contributed by atoms with E-state index in [9.17, 15) is 14.4 Å². The van der Waals surface area contributed by atoms with E-state index in [4.69, 9.17) is 14.2 Å². The number of amides is 3. The molecule has 2 heterocycles. The van der Waals surface area contributed by atoms with Crippen LogP contribution >= 0.6 is 0 Å². The van der Waals surface area contributed by atoms with Gasteiger partial charge in [0.15, 0.2) is 0 Å². The largest absolute Gasteiger partial charge is 0.489 e. The summed E-state index contributed by atoms with van der Waals surface area (Å²) in [6.07, 6.45) is 5.12. The summed E-state index contributed by atoms with van der Waals surface area (Å²) in [5.41, 5.74) is 0.830. The van der Waals surface area contributed by atoms with Crippen LogP contribution in [0.5, 0.6) is 5.75 Å². The number of hydrogen-bond donors (Lipinski definition) is 1. The van der Waals surface area contributed by atoms with E-state index in [0.29, 0.717) is 51.4 Å². The van der Waals surface area contributed by atoms with E-state index in [0.717, 1.165) is 5.56 Å². The fourth-order valence-electron chi connectivity index (χ4n) is 4.39. The zero-order valence-corrected chi connectivity index (χ0v) is 20.0. The molecule has 9 nitrogen and oxygen atoms in total. The Morgan fingerprint density at radius 3 is 2.79 bits per heavy atom. The van der Waals surface area contributed by atoms with Crippen LogP contribution in [-0.4, -0.2) is 87.7 Å². The molecule has 34 heavy (non-hydrogen) atoms. The fraction of sp³-hybridized carbons (Fsp3) is 0.560. The van der Waals surface area contributed by atoms with Crippen molar-refractivity contribution in [1.82, 2.24) is 15.1 Å². The van der Waals surface area contributed by atoms with Crippen molar-refractivity contribution in [2.24, 2.45) is 11.8 Å². The van der Waals surface area contributed by atoms with Crippen LogP contribution in [0.1, 0.15) is 18.4 Å². The van der Waals surface area contributed by atoms with Crippen LogP contribution in [0, 0.1) is 11.8 Å². The zero-order chi connectivity index (χ0) is 24.3. The summed E-state index contributed by atoms with van der Waals surface area (Å²) < 4.78 is 16.0. The van der Waals surface area contributed by atoms with Gasteiger partial charge >= 0.3 is 0 Å². The van der Waals surface area contributed by atoms with Crippen LogP contribution in [0.3, 0.4) is 0 Å². The van der Waals surface area contributed by atoms with Gasteiger partial charge in [0.2, 0.25) is 17.7 Å². The molecule has 1 aromatic carbocycles. The molecule has 0 aromatic heterocycles. The lowest BCUT2D eigenvalue weighted by Crippen LogP contribution is -2.49. The number of carbonyl (C=O) groups is 3. The predicted octanol–water partition coefficient (Wildman–Crippen LogP) is 1.23. The Morgan fingerprint density at radius 1 is 1.18 bits per heavy atom. The topological polar surface area (TPSA) is 97.4 Å². The third-order valence-corrected chi connectivity index (χ3v) is 6.23. The smallest absolute Gasteiger partial charge is 0.249 e. The van der Waals surface area contributed by atoms with Crippen molar-refractivity contribution in [2.45, 2.75) is 19.4 Å². The summed E-state index contributed by atoms with van der Waals surface area (Å²) in [5.74, 6) is 0.437. The number of fused-ring (bicyclic) bond motifs is 3. The molecule has 9 heteroatoms. The molecule has 3 rings (SSSR count). The summed E-state index contributed by atoms with van der Waals surface area (Å²) in [6, 6.07) is 7.52. The molecule has 3 amide bonds. The third-order valence-electron chi connectivity index (χ3n) is 6.23. The lowest BCUT2D eigenvalue weighted by Gasteiger charge is -2.38. The van der Waals surface area contributed by atoms with E-state index >= 15 is 0 Å². The molecule has 1 fully saturated rings. The van der Waals surface area contributed by atoms with Gasteiger partial charge in [-0.25, -0.2) is 0 Å². The van der Waals surface area contributed by atoms with Gasteiger partial charge in [-0.1, -0.05) is 30.4 Å². The van der Waals surface area contributed by atoms with Gasteiger partial charge in [-0.15, -0.1) is 0 Å². The molecule has 2 aliphatic heterocycles. The Hall–Kier alpha value is -2.91. The monoisotopic (exact) mass is 473 g/mol. The zero-order valence-electron chi connectivity index (χ0n) is 20.0. The van der Waals surface area contributed by atoms with Crippen LogP contribution in [0.15, 0.2) is 36.4 Å². The molecule has 0 spiro atoms. The van der Waals surface area contributed by atoms with Gasteiger partial charge in [0, 0.05) is 52.4 Å². The van der Waals surface area contributed by atoms with Crippen LogP contribution in [0.4, 0.5) is 0 Å². The second-order valence-corrected chi connectivity index (χ2v) is 8.63. The molecule has 0 aliphatic carbocycles. The lowest BCUT2D eigenvalue weighted by molar-refractivity contribution is -0.144. The average Bonchev–Trinajstić information content (AvgIpc) is 2.83. The molecule has 2 bridgehead atoms. The van der Waals surface area contributed by atoms with Gasteiger partial charge in [-0.3, -0.25) is 14.4 Å². The Balaban J connectivity index is 1.78. The SMILES string of the molecule is COCCNC(=O)C[C@@H]1CCN2C[C@@H]1/C=C\COc1ccccc1CN(C(=O)COC)CC2=O. The van der Waals surface area contributed by atoms with E-state index < -0.39 is 0 Å². The summed E-state index contributed by atoms with van der Waals surface area (Å²) in [6.45, 7) is 2.50. The minimum Gasteiger partial charge on any atom is -0.489 e. The first kappa shape index (κ1) is 25.7. The van der Waals surface area contributed by atoms with Crippen molar-refractivity contribution in [1.29, 1.82) is 0 Å². The maximum absolute atomic E-state index is 13.2. The van der Waals surface area contributed by atoms with Gasteiger partial charge in [0.05, 0.1) is 6.61 Å². The van der Waals surface area contributed by atoms with Gasteiger partial charge in [0.25, 0.3) is 0 Å². The fourth-order valence-corrected chi connectivity index (χ4v) is 4.39. The average molecular weight is 474 g/mol. The van der Waals surface area contributed by atoms with E-state index in [2.05, 4.69) is 11.4 Å². The molecule has 0 unspecified atom stereocenters. The van der Waals surface area contributed by atoms with Crippen molar-refractivity contribution in [3.8, 4) is 5.75 Å². The van der Waals surface area contributed by atoms with E-state index in [1.807, 2.05) is 30.3 Å². The minimum absolute atomic E-state index is 0.0142. The first-order valence-electron chi connectivity index (χ1n) is 11.7. The number of hydrogen-bond acceptors (Lipinski definition) is 6. The summed E-state index contributed by atoms with van der Waals surface area (Å²) >= 11 is 0. The molecule has 2 aliphatic rings. The van der Waals surface area contributed by atoms with Crippen LogP contribution < -0.4 is 10.1 Å². The second kappa shape index (κ2) is 13.1. The summed E-state index contributed by atoms with van der Waals surface area (Å²) in [5, 5.41) is 2.88. The Morgan fingerprint density at radius 2 is 2.00 bits per heavy atom. The molecule has 0 radical (unpaired) electrons. The number of nitrogens with one attached hydrogen (secondary N) is 1. The highest BCUT2D eigenvalue weighted by Crippen LogP contribution is 2.29. The van der Waals surface area contributed by atoms with Crippen LogP contribution in [-0.2, 0) is 30.4 Å². The van der Waals surface area contributed by atoms with Crippen LogP contribution in [0.2, 0.25) is 0 Å². The maximum Gasteiger partial charge on any atom is 0.249 e.